The first-order valence-corrected chi connectivity index (χ1v) is 9.99. The zero-order valence-electron chi connectivity index (χ0n) is 16.3. The highest BCUT2D eigenvalue weighted by Crippen LogP contribution is 2.32. The van der Waals surface area contributed by atoms with E-state index in [4.69, 9.17) is 22.3 Å². The molecular weight excluding hydrogens is 417 g/mol. The number of halogens is 2. The van der Waals surface area contributed by atoms with E-state index in [0.717, 1.165) is 16.6 Å². The Bertz CT molecular complexity index is 1390. The average Bonchev–Trinajstić information content (AvgIpc) is 3.45. The zero-order chi connectivity index (χ0) is 21.4. The molecule has 0 amide bonds. The Kier molecular flexibility index (Phi) is 4.93. The monoisotopic (exact) mass is 433 g/mol. The van der Waals surface area contributed by atoms with Gasteiger partial charge in [-0.05, 0) is 36.4 Å². The van der Waals surface area contributed by atoms with Crippen LogP contribution in [0.2, 0.25) is 5.02 Å². The van der Waals surface area contributed by atoms with Crippen molar-refractivity contribution in [1.29, 1.82) is 0 Å². The van der Waals surface area contributed by atoms with Gasteiger partial charge in [0.15, 0.2) is 0 Å². The summed E-state index contributed by atoms with van der Waals surface area (Å²) < 4.78 is 16.2. The molecule has 4 heterocycles. The summed E-state index contributed by atoms with van der Waals surface area (Å²) in [5.74, 6) is -0.394. The van der Waals surface area contributed by atoms with Gasteiger partial charge in [-0.25, -0.2) is 14.4 Å². The minimum atomic E-state index is -0.394. The van der Waals surface area contributed by atoms with E-state index in [-0.39, 0.29) is 0 Å². The molecule has 0 spiro atoms. The number of benzene rings is 1. The first-order chi connectivity index (χ1) is 15.1. The van der Waals surface area contributed by atoms with Crippen molar-refractivity contribution < 1.29 is 4.39 Å². The Morgan fingerprint density at radius 2 is 1.94 bits per heavy atom. The third-order valence-electron chi connectivity index (χ3n) is 4.94. The second kappa shape index (κ2) is 7.90. The number of hydrogen-bond donors (Lipinski definition) is 2. The van der Waals surface area contributed by atoms with Crippen molar-refractivity contribution in [2.75, 3.05) is 6.54 Å². The van der Waals surface area contributed by atoms with Gasteiger partial charge < -0.3 is 10.7 Å². The van der Waals surface area contributed by atoms with Crippen LogP contribution in [0.25, 0.3) is 44.8 Å². The second-order valence-electron chi connectivity index (χ2n) is 6.99. The molecule has 0 radical (unpaired) electrons. The van der Waals surface area contributed by atoms with Gasteiger partial charge in [0.1, 0.15) is 11.5 Å². The van der Waals surface area contributed by atoms with Crippen LogP contribution in [0, 0.1) is 5.82 Å². The molecule has 0 saturated carbocycles. The Hall–Kier alpha value is -3.62. The highest BCUT2D eigenvalue weighted by Gasteiger charge is 2.16. The maximum absolute atomic E-state index is 14.4. The molecule has 1 aromatic carbocycles. The van der Waals surface area contributed by atoms with Crippen LogP contribution in [0.15, 0.2) is 61.3 Å². The predicted molar refractivity (Wildman–Crippen MR) is 118 cm³/mol. The summed E-state index contributed by atoms with van der Waals surface area (Å²) in [5.41, 5.74) is 10.8. The van der Waals surface area contributed by atoms with Crippen LogP contribution in [0.3, 0.4) is 0 Å². The molecule has 5 aromatic rings. The van der Waals surface area contributed by atoms with Crippen LogP contribution in [0.5, 0.6) is 0 Å². The number of hydrogen-bond acceptors (Lipinski definition) is 5. The Balaban J connectivity index is 1.57. The summed E-state index contributed by atoms with van der Waals surface area (Å²) in [7, 11) is 0. The molecule has 3 N–H and O–H groups in total. The fourth-order valence-corrected chi connectivity index (χ4v) is 3.62. The number of nitrogens with two attached hydrogens (primary N) is 1. The number of H-pyrrole nitrogens is 1. The minimum Gasteiger partial charge on any atom is -0.344 e. The van der Waals surface area contributed by atoms with Crippen molar-refractivity contribution in [2.24, 2.45) is 5.73 Å². The average molecular weight is 434 g/mol. The van der Waals surface area contributed by atoms with E-state index >= 15 is 0 Å². The van der Waals surface area contributed by atoms with Gasteiger partial charge in [-0.15, -0.1) is 0 Å². The van der Waals surface area contributed by atoms with Gasteiger partial charge in [-0.3, -0.25) is 9.67 Å². The molecule has 4 aromatic heterocycles. The maximum atomic E-state index is 14.4. The topological polar surface area (TPSA) is 98.3 Å². The first kappa shape index (κ1) is 19.3. The van der Waals surface area contributed by atoms with E-state index in [2.05, 4.69) is 20.1 Å². The molecule has 9 heteroatoms. The van der Waals surface area contributed by atoms with E-state index in [1.165, 1.54) is 18.5 Å². The highest BCUT2D eigenvalue weighted by atomic mass is 35.5. The van der Waals surface area contributed by atoms with E-state index in [1.807, 2.05) is 24.4 Å². The normalized spacial score (nSPS) is 11.3. The number of aromatic nitrogens is 6. The lowest BCUT2D eigenvalue weighted by Crippen LogP contribution is -2.09. The van der Waals surface area contributed by atoms with Crippen LogP contribution >= 0.6 is 11.6 Å². The van der Waals surface area contributed by atoms with E-state index < -0.39 is 5.82 Å². The summed E-state index contributed by atoms with van der Waals surface area (Å²) >= 11 is 6.07. The molecule has 0 aliphatic carbocycles. The van der Waals surface area contributed by atoms with Gasteiger partial charge in [-0.2, -0.15) is 5.10 Å². The lowest BCUT2D eigenvalue weighted by molar-refractivity contribution is 0.625. The molecule has 0 unspecified atom stereocenters. The number of fused-ring (bicyclic) bond motifs is 1. The fourth-order valence-electron chi connectivity index (χ4n) is 3.45. The van der Waals surface area contributed by atoms with Gasteiger partial charge >= 0.3 is 0 Å². The van der Waals surface area contributed by atoms with E-state index in [1.54, 1.807) is 23.1 Å². The summed E-state index contributed by atoms with van der Waals surface area (Å²) in [6, 6.07) is 10.0. The van der Waals surface area contributed by atoms with Gasteiger partial charge in [0.2, 0.25) is 0 Å². The molecule has 5 rings (SSSR count). The molecule has 0 bridgehead atoms. The molecule has 31 heavy (non-hydrogen) atoms. The Morgan fingerprint density at radius 3 is 2.81 bits per heavy atom. The van der Waals surface area contributed by atoms with Crippen LogP contribution in [-0.2, 0) is 6.54 Å². The second-order valence-corrected chi connectivity index (χ2v) is 7.43. The number of pyridine rings is 2. The molecule has 0 atom stereocenters. The molecule has 0 aliphatic rings. The highest BCUT2D eigenvalue weighted by molar-refractivity contribution is 6.30. The van der Waals surface area contributed by atoms with Crippen molar-refractivity contribution in [1.82, 2.24) is 29.7 Å². The smallest absolute Gasteiger partial charge is 0.132 e. The quantitative estimate of drug-likeness (QED) is 0.430. The Labute approximate surface area is 181 Å². The van der Waals surface area contributed by atoms with E-state index in [9.17, 15) is 4.39 Å². The minimum absolute atomic E-state index is 0.334. The summed E-state index contributed by atoms with van der Waals surface area (Å²) in [4.78, 5) is 16.6. The lowest BCUT2D eigenvalue weighted by atomic mass is 10.1. The number of aromatic amines is 1. The maximum Gasteiger partial charge on any atom is 0.132 e. The van der Waals surface area contributed by atoms with Crippen molar-refractivity contribution >= 4 is 22.6 Å². The number of imidazole rings is 1. The SMILES string of the molecule is NCCn1cc(-c2cnc3ccc(-c4nc[nH]c4-c4cc(Cl)ccc4F)nc3c2)cn1. The van der Waals surface area contributed by atoms with Gasteiger partial charge in [-0.1, -0.05) is 11.6 Å². The van der Waals surface area contributed by atoms with Crippen LogP contribution in [0.4, 0.5) is 4.39 Å². The Morgan fingerprint density at radius 1 is 1.03 bits per heavy atom. The van der Waals surface area contributed by atoms with Crippen molar-refractivity contribution in [3.8, 4) is 33.8 Å². The molecule has 0 fully saturated rings. The number of nitrogens with one attached hydrogen (secondary N) is 1. The van der Waals surface area contributed by atoms with Crippen molar-refractivity contribution in [3.05, 3.63) is 72.2 Å². The largest absolute Gasteiger partial charge is 0.344 e. The fraction of sp³-hybridized carbons (Fsp3) is 0.0909. The van der Waals surface area contributed by atoms with Crippen molar-refractivity contribution in [3.63, 3.8) is 0 Å². The molecule has 7 nitrogen and oxygen atoms in total. The van der Waals surface area contributed by atoms with Crippen molar-refractivity contribution in [2.45, 2.75) is 6.54 Å². The van der Waals surface area contributed by atoms with Gasteiger partial charge in [0, 0.05) is 40.7 Å². The van der Waals surface area contributed by atoms with Crippen LogP contribution < -0.4 is 5.73 Å². The standard InChI is InChI=1S/C22H17ClFN7/c23-15-1-2-17(24)16(8-15)21-22(28-12-27-21)19-4-3-18-20(30-19)7-13(9-26-18)14-10-29-31(11-14)6-5-25/h1-4,7-12H,5-6,25H2,(H,27,28). The number of rotatable bonds is 5. The van der Waals surface area contributed by atoms with Crippen LogP contribution in [-0.4, -0.2) is 36.3 Å². The molecule has 0 saturated heterocycles. The third kappa shape index (κ3) is 3.67. The summed E-state index contributed by atoms with van der Waals surface area (Å²) in [6.45, 7) is 1.16. The van der Waals surface area contributed by atoms with Crippen LogP contribution in [0.1, 0.15) is 0 Å². The summed E-state index contributed by atoms with van der Waals surface area (Å²) in [6.07, 6.45) is 7.00. The third-order valence-corrected chi connectivity index (χ3v) is 5.18. The zero-order valence-corrected chi connectivity index (χ0v) is 17.0. The molecule has 154 valence electrons. The predicted octanol–water partition coefficient (Wildman–Crippen LogP) is 4.30. The molecular formula is C22H17ClFN7. The summed E-state index contributed by atoms with van der Waals surface area (Å²) in [5, 5.41) is 4.75. The van der Waals surface area contributed by atoms with E-state index in [0.29, 0.717) is 46.3 Å². The molecule has 0 aliphatic heterocycles. The lowest BCUT2D eigenvalue weighted by Gasteiger charge is -2.06. The first-order valence-electron chi connectivity index (χ1n) is 9.61. The van der Waals surface area contributed by atoms with Gasteiger partial charge in [0.05, 0.1) is 41.5 Å². The van der Waals surface area contributed by atoms with Gasteiger partial charge in [0.25, 0.3) is 0 Å². The number of nitrogens with zero attached hydrogens (tertiary/aromatic N) is 5.